The molecule has 1 heterocycles. The Kier molecular flexibility index (Phi) is 3.55. The van der Waals surface area contributed by atoms with Crippen LogP contribution in [0.1, 0.15) is 18.1 Å². The molecule has 0 aliphatic heterocycles. The van der Waals surface area contributed by atoms with Crippen LogP contribution in [0.5, 0.6) is 0 Å². The predicted octanol–water partition coefficient (Wildman–Crippen LogP) is 3.20. The second kappa shape index (κ2) is 5.12. The van der Waals surface area contributed by atoms with Crippen LogP contribution in [0.2, 0.25) is 0 Å². The monoisotopic (exact) mass is 245 g/mol. The van der Waals surface area contributed by atoms with Crippen LogP contribution in [-0.2, 0) is 6.42 Å². The van der Waals surface area contributed by atoms with E-state index >= 15 is 0 Å². The van der Waals surface area contributed by atoms with Gasteiger partial charge in [-0.05, 0) is 37.1 Å². The van der Waals surface area contributed by atoms with E-state index in [0.717, 1.165) is 34.6 Å². The Balaban J connectivity index is 2.63. The van der Waals surface area contributed by atoms with Gasteiger partial charge in [-0.25, -0.2) is 14.4 Å². The smallest absolute Gasteiger partial charge is 0.132 e. The van der Waals surface area contributed by atoms with Crippen LogP contribution in [-0.4, -0.2) is 17.0 Å². The van der Waals surface area contributed by atoms with Gasteiger partial charge in [0, 0.05) is 18.2 Å². The van der Waals surface area contributed by atoms with E-state index in [2.05, 4.69) is 15.3 Å². The van der Waals surface area contributed by atoms with Crippen molar-refractivity contribution in [2.75, 3.05) is 12.4 Å². The molecule has 0 bridgehead atoms. The Hall–Kier alpha value is -1.97. The third-order valence-electron chi connectivity index (χ3n) is 2.85. The van der Waals surface area contributed by atoms with Crippen molar-refractivity contribution in [2.24, 2.45) is 0 Å². The van der Waals surface area contributed by atoms with Crippen LogP contribution < -0.4 is 5.32 Å². The first-order valence-corrected chi connectivity index (χ1v) is 5.95. The molecule has 1 aromatic carbocycles. The average Bonchev–Trinajstić information content (AvgIpc) is 2.36. The molecule has 0 atom stereocenters. The number of nitrogens with zero attached hydrogens (tertiary/aromatic N) is 2. The summed E-state index contributed by atoms with van der Waals surface area (Å²) in [7, 11) is 1.82. The number of hydrogen-bond donors (Lipinski definition) is 1. The van der Waals surface area contributed by atoms with Gasteiger partial charge in [-0.2, -0.15) is 0 Å². The van der Waals surface area contributed by atoms with Crippen molar-refractivity contribution in [1.29, 1.82) is 0 Å². The fraction of sp³-hybridized carbons (Fsp3) is 0.286. The molecule has 0 fully saturated rings. The van der Waals surface area contributed by atoms with E-state index in [1.54, 1.807) is 0 Å². The molecule has 0 unspecified atom stereocenters. The molecule has 0 saturated heterocycles. The molecule has 3 nitrogen and oxygen atoms in total. The molecule has 0 saturated carbocycles. The normalized spacial score (nSPS) is 10.4. The lowest BCUT2D eigenvalue weighted by atomic mass is 10.0. The molecule has 0 aliphatic carbocycles. The Morgan fingerprint density at radius 3 is 2.61 bits per heavy atom. The molecule has 0 aliphatic rings. The van der Waals surface area contributed by atoms with E-state index in [-0.39, 0.29) is 5.82 Å². The van der Waals surface area contributed by atoms with E-state index in [1.165, 1.54) is 18.5 Å². The zero-order valence-electron chi connectivity index (χ0n) is 10.8. The maximum atomic E-state index is 13.5. The second-order valence-electron chi connectivity index (χ2n) is 4.17. The van der Waals surface area contributed by atoms with Crippen molar-refractivity contribution in [3.63, 3.8) is 0 Å². The summed E-state index contributed by atoms with van der Waals surface area (Å²) in [6.07, 6.45) is 2.29. The zero-order valence-corrected chi connectivity index (χ0v) is 10.8. The third-order valence-corrected chi connectivity index (χ3v) is 2.85. The summed E-state index contributed by atoms with van der Waals surface area (Å²) in [4.78, 5) is 8.48. The number of benzene rings is 1. The van der Waals surface area contributed by atoms with Crippen LogP contribution in [0.3, 0.4) is 0 Å². The van der Waals surface area contributed by atoms with E-state index in [4.69, 9.17) is 0 Å². The van der Waals surface area contributed by atoms with Gasteiger partial charge < -0.3 is 5.32 Å². The van der Waals surface area contributed by atoms with Gasteiger partial charge in [0.25, 0.3) is 0 Å². The molecule has 0 spiro atoms. The highest BCUT2D eigenvalue weighted by molar-refractivity contribution is 5.68. The standard InChI is InChI=1S/C14H16FN3/c1-4-12-13(17-8-18-14(12)16-3)10-5-9(2)6-11(15)7-10/h5-8H,4H2,1-3H3,(H,16,17,18). The summed E-state index contributed by atoms with van der Waals surface area (Å²) in [5, 5.41) is 3.04. The number of anilines is 1. The van der Waals surface area contributed by atoms with Crippen molar-refractivity contribution in [1.82, 2.24) is 9.97 Å². The minimum Gasteiger partial charge on any atom is -0.373 e. The first kappa shape index (κ1) is 12.5. The molecule has 1 aromatic heterocycles. The minimum absolute atomic E-state index is 0.239. The van der Waals surface area contributed by atoms with Crippen molar-refractivity contribution in [3.05, 3.63) is 41.5 Å². The molecule has 2 rings (SSSR count). The zero-order chi connectivity index (χ0) is 13.1. The second-order valence-corrected chi connectivity index (χ2v) is 4.17. The fourth-order valence-electron chi connectivity index (χ4n) is 2.08. The Bertz CT molecular complexity index is 547. The van der Waals surface area contributed by atoms with Gasteiger partial charge in [0.2, 0.25) is 0 Å². The fourth-order valence-corrected chi connectivity index (χ4v) is 2.08. The number of hydrogen-bond acceptors (Lipinski definition) is 3. The lowest BCUT2D eigenvalue weighted by molar-refractivity contribution is 0.627. The van der Waals surface area contributed by atoms with Crippen LogP contribution in [0, 0.1) is 12.7 Å². The van der Waals surface area contributed by atoms with Gasteiger partial charge in [0.05, 0.1) is 5.69 Å². The minimum atomic E-state index is -0.239. The molecule has 1 N–H and O–H groups in total. The van der Waals surface area contributed by atoms with Crippen LogP contribution >= 0.6 is 0 Å². The first-order chi connectivity index (χ1) is 8.65. The quantitative estimate of drug-likeness (QED) is 0.902. The van der Waals surface area contributed by atoms with Crippen LogP contribution in [0.25, 0.3) is 11.3 Å². The predicted molar refractivity (Wildman–Crippen MR) is 71.1 cm³/mol. The van der Waals surface area contributed by atoms with Crippen molar-refractivity contribution < 1.29 is 4.39 Å². The number of nitrogens with one attached hydrogen (secondary N) is 1. The van der Waals surface area contributed by atoms with Crippen LogP contribution in [0.15, 0.2) is 24.5 Å². The van der Waals surface area contributed by atoms with Gasteiger partial charge in [-0.1, -0.05) is 6.92 Å². The van der Waals surface area contributed by atoms with Crippen molar-refractivity contribution in [2.45, 2.75) is 20.3 Å². The van der Waals surface area contributed by atoms with Gasteiger partial charge in [-0.3, -0.25) is 0 Å². The Morgan fingerprint density at radius 1 is 1.22 bits per heavy atom. The Labute approximate surface area is 106 Å². The molecule has 18 heavy (non-hydrogen) atoms. The highest BCUT2D eigenvalue weighted by Gasteiger charge is 2.11. The van der Waals surface area contributed by atoms with E-state index in [9.17, 15) is 4.39 Å². The summed E-state index contributed by atoms with van der Waals surface area (Å²) in [6.45, 7) is 3.91. The highest BCUT2D eigenvalue weighted by atomic mass is 19.1. The number of halogens is 1. The molecule has 4 heteroatoms. The van der Waals surface area contributed by atoms with Crippen molar-refractivity contribution >= 4 is 5.82 Å². The molecule has 2 aromatic rings. The topological polar surface area (TPSA) is 37.8 Å². The first-order valence-electron chi connectivity index (χ1n) is 5.95. The summed E-state index contributed by atoms with van der Waals surface area (Å²) in [6, 6.07) is 4.95. The Morgan fingerprint density at radius 2 is 2.00 bits per heavy atom. The van der Waals surface area contributed by atoms with Gasteiger partial charge >= 0.3 is 0 Å². The van der Waals surface area contributed by atoms with E-state index in [0.29, 0.717) is 0 Å². The van der Waals surface area contributed by atoms with Gasteiger partial charge in [0.1, 0.15) is 18.0 Å². The number of aryl methyl sites for hydroxylation is 1. The maximum Gasteiger partial charge on any atom is 0.132 e. The summed E-state index contributed by atoms with van der Waals surface area (Å²) in [5.74, 6) is 0.557. The average molecular weight is 245 g/mol. The van der Waals surface area contributed by atoms with Gasteiger partial charge in [-0.15, -0.1) is 0 Å². The maximum absolute atomic E-state index is 13.5. The van der Waals surface area contributed by atoms with E-state index < -0.39 is 0 Å². The largest absolute Gasteiger partial charge is 0.373 e. The molecule has 0 amide bonds. The van der Waals surface area contributed by atoms with Crippen molar-refractivity contribution in [3.8, 4) is 11.3 Å². The SMILES string of the molecule is CCc1c(NC)ncnc1-c1cc(C)cc(F)c1. The lowest BCUT2D eigenvalue weighted by Gasteiger charge is -2.11. The third kappa shape index (κ3) is 2.32. The lowest BCUT2D eigenvalue weighted by Crippen LogP contribution is -2.02. The number of aromatic nitrogens is 2. The summed E-state index contributed by atoms with van der Waals surface area (Å²) >= 11 is 0. The molecule has 0 radical (unpaired) electrons. The number of rotatable bonds is 3. The van der Waals surface area contributed by atoms with Gasteiger partial charge in [0.15, 0.2) is 0 Å². The molecular weight excluding hydrogens is 229 g/mol. The van der Waals surface area contributed by atoms with E-state index in [1.807, 2.05) is 27.0 Å². The van der Waals surface area contributed by atoms with Crippen LogP contribution in [0.4, 0.5) is 10.2 Å². The highest BCUT2D eigenvalue weighted by Crippen LogP contribution is 2.27. The molecule has 94 valence electrons. The summed E-state index contributed by atoms with van der Waals surface area (Å²) < 4.78 is 13.5. The molecular formula is C14H16FN3. The summed E-state index contributed by atoms with van der Waals surface area (Å²) in [5.41, 5.74) is 3.48.